The van der Waals surface area contributed by atoms with Gasteiger partial charge in [0.25, 0.3) is 0 Å². The van der Waals surface area contributed by atoms with Crippen molar-refractivity contribution in [2.24, 2.45) is 0 Å². The molecule has 138 valence electrons. The Kier molecular flexibility index (Phi) is 5.21. The third-order valence-electron chi connectivity index (χ3n) is 4.78. The molecule has 0 saturated carbocycles. The third-order valence-corrected chi connectivity index (χ3v) is 5.02. The Hall–Kier alpha value is -2.66. The molecule has 5 nitrogen and oxygen atoms in total. The molecule has 0 bridgehead atoms. The van der Waals surface area contributed by atoms with Crippen LogP contribution in [0.2, 0.25) is 5.02 Å². The molecule has 6 heteroatoms. The molecule has 2 heterocycles. The lowest BCUT2D eigenvalue weighted by Crippen LogP contribution is -2.29. The van der Waals surface area contributed by atoms with E-state index in [1.807, 2.05) is 53.4 Å². The monoisotopic (exact) mass is 380 g/mol. The predicted octanol–water partition coefficient (Wildman–Crippen LogP) is 4.37. The minimum absolute atomic E-state index is 0.199. The van der Waals surface area contributed by atoms with Crippen LogP contribution in [0.1, 0.15) is 19.3 Å². The number of rotatable bonds is 5. The lowest BCUT2D eigenvalue weighted by Gasteiger charge is -2.16. The van der Waals surface area contributed by atoms with Crippen LogP contribution in [0.15, 0.2) is 48.5 Å². The molecule has 1 fully saturated rings. The number of hydrogen-bond acceptors (Lipinski definition) is 4. The minimum atomic E-state index is 0.199. The largest absolute Gasteiger partial charge is 0.369 e. The molecular formula is C21H21ClN4O. The van der Waals surface area contributed by atoms with Crippen molar-refractivity contribution in [2.45, 2.75) is 19.3 Å². The van der Waals surface area contributed by atoms with Gasteiger partial charge in [-0.1, -0.05) is 41.9 Å². The van der Waals surface area contributed by atoms with E-state index in [4.69, 9.17) is 16.6 Å². The number of halogens is 1. The van der Waals surface area contributed by atoms with Gasteiger partial charge in [-0.25, -0.2) is 9.97 Å². The summed E-state index contributed by atoms with van der Waals surface area (Å²) in [4.78, 5) is 23.6. The minimum Gasteiger partial charge on any atom is -0.369 e. The van der Waals surface area contributed by atoms with Crippen LogP contribution >= 0.6 is 11.6 Å². The average molecular weight is 381 g/mol. The van der Waals surface area contributed by atoms with Crippen molar-refractivity contribution in [1.82, 2.24) is 14.9 Å². The Bertz CT molecular complexity index is 955. The maximum atomic E-state index is 12.3. The lowest BCUT2D eigenvalue weighted by atomic mass is 10.2. The second-order valence-corrected chi connectivity index (χ2v) is 7.12. The van der Waals surface area contributed by atoms with Crippen molar-refractivity contribution in [3.8, 4) is 11.4 Å². The molecule has 27 heavy (non-hydrogen) atoms. The molecular weight excluding hydrogens is 360 g/mol. The molecule has 0 aliphatic carbocycles. The van der Waals surface area contributed by atoms with Crippen LogP contribution in [-0.4, -0.2) is 40.4 Å². The first-order valence-electron chi connectivity index (χ1n) is 9.25. The normalized spacial score (nSPS) is 13.9. The number of fused-ring (bicyclic) bond motifs is 1. The molecule has 0 unspecified atom stereocenters. The smallest absolute Gasteiger partial charge is 0.224 e. The predicted molar refractivity (Wildman–Crippen MR) is 109 cm³/mol. The summed E-state index contributed by atoms with van der Waals surface area (Å²) in [7, 11) is 0. The topological polar surface area (TPSA) is 58.1 Å². The number of anilines is 1. The fraction of sp³-hybridized carbons (Fsp3) is 0.286. The Balaban J connectivity index is 1.59. The quantitative estimate of drug-likeness (QED) is 0.713. The van der Waals surface area contributed by atoms with E-state index in [2.05, 4.69) is 10.3 Å². The molecule has 1 aliphatic rings. The van der Waals surface area contributed by atoms with E-state index >= 15 is 0 Å². The first-order valence-corrected chi connectivity index (χ1v) is 9.63. The Labute approximate surface area is 163 Å². The molecule has 3 aromatic rings. The zero-order chi connectivity index (χ0) is 18.6. The summed E-state index contributed by atoms with van der Waals surface area (Å²) >= 11 is 6.16. The molecule has 0 spiro atoms. The summed E-state index contributed by atoms with van der Waals surface area (Å²) in [5.74, 6) is 1.56. The standard InChI is InChI=1S/C21H21ClN4O/c22-16-8-9-17-18(14-16)24-20(15-6-2-1-3-7-15)25-21(17)23-11-10-19(27)26-12-4-5-13-26/h1-3,6-9,14H,4-5,10-13H2,(H,23,24,25). The van der Waals surface area contributed by atoms with Crippen LogP contribution in [0, 0.1) is 0 Å². The van der Waals surface area contributed by atoms with Crippen molar-refractivity contribution in [2.75, 3.05) is 25.0 Å². The Morgan fingerprint density at radius 1 is 1.07 bits per heavy atom. The van der Waals surface area contributed by atoms with Gasteiger partial charge in [-0.05, 0) is 31.0 Å². The van der Waals surface area contributed by atoms with Crippen molar-refractivity contribution >= 4 is 34.2 Å². The van der Waals surface area contributed by atoms with Gasteiger partial charge in [-0.2, -0.15) is 0 Å². The van der Waals surface area contributed by atoms with Crippen molar-refractivity contribution in [1.29, 1.82) is 0 Å². The fourth-order valence-electron chi connectivity index (χ4n) is 3.37. The van der Waals surface area contributed by atoms with Crippen LogP contribution in [0.25, 0.3) is 22.3 Å². The number of amides is 1. The lowest BCUT2D eigenvalue weighted by molar-refractivity contribution is -0.129. The van der Waals surface area contributed by atoms with Crippen molar-refractivity contribution in [3.63, 3.8) is 0 Å². The van der Waals surface area contributed by atoms with Gasteiger partial charge >= 0.3 is 0 Å². The summed E-state index contributed by atoms with van der Waals surface area (Å²) in [6.07, 6.45) is 2.67. The summed E-state index contributed by atoms with van der Waals surface area (Å²) in [5.41, 5.74) is 1.72. The zero-order valence-electron chi connectivity index (χ0n) is 15.0. The van der Waals surface area contributed by atoms with Gasteiger partial charge in [0.15, 0.2) is 5.82 Å². The van der Waals surface area contributed by atoms with Crippen LogP contribution in [0.4, 0.5) is 5.82 Å². The molecule has 0 radical (unpaired) electrons. The van der Waals surface area contributed by atoms with E-state index < -0.39 is 0 Å². The Morgan fingerprint density at radius 3 is 2.63 bits per heavy atom. The highest BCUT2D eigenvalue weighted by atomic mass is 35.5. The number of carbonyl (C=O) groups excluding carboxylic acids is 1. The van der Waals surface area contributed by atoms with E-state index in [0.29, 0.717) is 23.8 Å². The van der Waals surface area contributed by atoms with Crippen molar-refractivity contribution in [3.05, 3.63) is 53.6 Å². The molecule has 1 N–H and O–H groups in total. The second kappa shape index (κ2) is 7.92. The highest BCUT2D eigenvalue weighted by molar-refractivity contribution is 6.31. The SMILES string of the molecule is O=C(CCNc1nc(-c2ccccc2)nc2cc(Cl)ccc12)N1CCCC1. The maximum absolute atomic E-state index is 12.3. The van der Waals surface area contributed by atoms with Crippen LogP contribution in [0.5, 0.6) is 0 Å². The number of nitrogens with zero attached hydrogens (tertiary/aromatic N) is 3. The van der Waals surface area contributed by atoms with Gasteiger partial charge in [-0.3, -0.25) is 4.79 Å². The number of carbonyl (C=O) groups is 1. The molecule has 1 aliphatic heterocycles. The fourth-order valence-corrected chi connectivity index (χ4v) is 3.53. The van der Waals surface area contributed by atoms with Gasteiger partial charge in [0.05, 0.1) is 5.52 Å². The Morgan fingerprint density at radius 2 is 1.85 bits per heavy atom. The summed E-state index contributed by atoms with van der Waals surface area (Å²) in [6.45, 7) is 2.30. The van der Waals surface area contributed by atoms with Gasteiger partial charge < -0.3 is 10.2 Å². The first-order chi connectivity index (χ1) is 13.2. The van der Waals surface area contributed by atoms with E-state index in [0.717, 1.165) is 48.2 Å². The number of benzene rings is 2. The first kappa shape index (κ1) is 17.7. The highest BCUT2D eigenvalue weighted by Gasteiger charge is 2.17. The molecule has 1 amide bonds. The van der Waals surface area contributed by atoms with Crippen LogP contribution < -0.4 is 5.32 Å². The van der Waals surface area contributed by atoms with Crippen LogP contribution in [0.3, 0.4) is 0 Å². The second-order valence-electron chi connectivity index (χ2n) is 6.69. The third kappa shape index (κ3) is 4.03. The number of hydrogen-bond donors (Lipinski definition) is 1. The van der Waals surface area contributed by atoms with Gasteiger partial charge in [0.1, 0.15) is 5.82 Å². The van der Waals surface area contributed by atoms with Gasteiger partial charge in [0, 0.05) is 42.0 Å². The number of likely N-dealkylation sites (tertiary alicyclic amines) is 1. The van der Waals surface area contributed by atoms with E-state index in [1.54, 1.807) is 0 Å². The van der Waals surface area contributed by atoms with Crippen LogP contribution in [-0.2, 0) is 4.79 Å². The molecule has 2 aromatic carbocycles. The molecule has 1 aromatic heterocycles. The number of nitrogens with one attached hydrogen (secondary N) is 1. The zero-order valence-corrected chi connectivity index (χ0v) is 15.7. The highest BCUT2D eigenvalue weighted by Crippen LogP contribution is 2.27. The molecule has 0 atom stereocenters. The average Bonchev–Trinajstić information content (AvgIpc) is 3.23. The molecule has 1 saturated heterocycles. The van der Waals surface area contributed by atoms with E-state index in [9.17, 15) is 4.79 Å². The van der Waals surface area contributed by atoms with Gasteiger partial charge in [-0.15, -0.1) is 0 Å². The van der Waals surface area contributed by atoms with Gasteiger partial charge in [0.2, 0.25) is 5.91 Å². The van der Waals surface area contributed by atoms with E-state index in [1.165, 1.54) is 0 Å². The summed E-state index contributed by atoms with van der Waals surface area (Å²) < 4.78 is 0. The van der Waals surface area contributed by atoms with E-state index in [-0.39, 0.29) is 5.91 Å². The summed E-state index contributed by atoms with van der Waals surface area (Å²) in [5, 5.41) is 4.86. The maximum Gasteiger partial charge on any atom is 0.224 e. The number of aromatic nitrogens is 2. The molecule has 4 rings (SSSR count). The summed E-state index contributed by atoms with van der Waals surface area (Å²) in [6, 6.07) is 15.4. The van der Waals surface area contributed by atoms with Crippen molar-refractivity contribution < 1.29 is 4.79 Å².